The van der Waals surface area contributed by atoms with Crippen molar-refractivity contribution in [1.82, 2.24) is 10.6 Å². The van der Waals surface area contributed by atoms with Crippen molar-refractivity contribution in [2.45, 2.75) is 6.54 Å². The third-order valence-electron chi connectivity index (χ3n) is 2.01. The van der Waals surface area contributed by atoms with Crippen LogP contribution in [-0.2, 0) is 16.1 Å². The van der Waals surface area contributed by atoms with Crippen molar-refractivity contribution in [2.24, 2.45) is 0 Å². The molecule has 0 spiro atoms. The minimum Gasteiger partial charge on any atom is -0.344 e. The Kier molecular flexibility index (Phi) is 5.23. The first-order valence-electron chi connectivity index (χ1n) is 5.05. The summed E-state index contributed by atoms with van der Waals surface area (Å²) in [5.41, 5.74) is 0.763. The van der Waals surface area contributed by atoms with E-state index in [1.54, 1.807) is 18.2 Å². The van der Waals surface area contributed by atoms with Crippen LogP contribution in [0.5, 0.6) is 0 Å². The Morgan fingerprint density at radius 1 is 1.24 bits per heavy atom. The zero-order valence-electron chi connectivity index (χ0n) is 9.20. The number of amides is 2. The van der Waals surface area contributed by atoms with E-state index in [1.165, 1.54) is 6.08 Å². The molecule has 0 saturated heterocycles. The average molecular weight is 253 g/mol. The van der Waals surface area contributed by atoms with E-state index >= 15 is 0 Å². The third kappa shape index (κ3) is 4.28. The summed E-state index contributed by atoms with van der Waals surface area (Å²) in [4.78, 5) is 22.5. The van der Waals surface area contributed by atoms with Gasteiger partial charge in [-0.2, -0.15) is 0 Å². The molecular weight excluding hydrogens is 240 g/mol. The van der Waals surface area contributed by atoms with Crippen molar-refractivity contribution in [3.05, 3.63) is 47.5 Å². The molecule has 4 nitrogen and oxygen atoms in total. The fourth-order valence-corrected chi connectivity index (χ4v) is 1.35. The highest BCUT2D eigenvalue weighted by atomic mass is 35.5. The van der Waals surface area contributed by atoms with Gasteiger partial charge in [0.05, 0.1) is 0 Å². The van der Waals surface area contributed by atoms with Gasteiger partial charge in [-0.1, -0.05) is 35.9 Å². The molecule has 17 heavy (non-hydrogen) atoms. The zero-order valence-corrected chi connectivity index (χ0v) is 9.96. The van der Waals surface area contributed by atoms with Crippen LogP contribution in [0.1, 0.15) is 5.56 Å². The molecule has 0 fully saturated rings. The Labute approximate surface area is 105 Å². The lowest BCUT2D eigenvalue weighted by molar-refractivity contribution is -0.139. The standard InChI is InChI=1S/C12H13ClN2O2/c1-2-7-14-11(16)12(17)15-8-9-5-3-4-6-10(9)13/h2-6H,1,7-8H2,(H,14,16)(H,15,17). The number of hydrogen-bond acceptors (Lipinski definition) is 2. The molecule has 0 aliphatic rings. The Hall–Kier alpha value is -1.81. The predicted octanol–water partition coefficient (Wildman–Crippen LogP) is 1.26. The maximum absolute atomic E-state index is 11.3. The van der Waals surface area contributed by atoms with Crippen LogP contribution in [0.3, 0.4) is 0 Å². The molecule has 0 atom stereocenters. The van der Waals surface area contributed by atoms with Gasteiger partial charge in [0.25, 0.3) is 0 Å². The first-order chi connectivity index (χ1) is 8.15. The highest BCUT2D eigenvalue weighted by Crippen LogP contribution is 2.13. The molecule has 0 aliphatic carbocycles. The van der Waals surface area contributed by atoms with Gasteiger partial charge in [0, 0.05) is 18.1 Å². The van der Waals surface area contributed by atoms with E-state index in [4.69, 9.17) is 11.6 Å². The number of carbonyl (C=O) groups is 2. The predicted molar refractivity (Wildman–Crippen MR) is 66.5 cm³/mol. The van der Waals surface area contributed by atoms with Crippen LogP contribution in [0.25, 0.3) is 0 Å². The second-order valence-corrected chi connectivity index (χ2v) is 3.68. The van der Waals surface area contributed by atoms with Crippen molar-refractivity contribution >= 4 is 23.4 Å². The fourth-order valence-electron chi connectivity index (χ4n) is 1.14. The molecule has 0 heterocycles. The molecule has 1 aromatic rings. The molecule has 0 bridgehead atoms. The smallest absolute Gasteiger partial charge is 0.309 e. The van der Waals surface area contributed by atoms with E-state index in [0.717, 1.165) is 5.56 Å². The van der Waals surface area contributed by atoms with E-state index < -0.39 is 11.8 Å². The van der Waals surface area contributed by atoms with Gasteiger partial charge < -0.3 is 10.6 Å². The minimum atomic E-state index is -0.688. The molecular formula is C12H13ClN2O2. The summed E-state index contributed by atoms with van der Waals surface area (Å²) in [6.45, 7) is 3.92. The number of nitrogens with one attached hydrogen (secondary N) is 2. The van der Waals surface area contributed by atoms with Crippen LogP contribution in [-0.4, -0.2) is 18.4 Å². The number of hydrogen-bond donors (Lipinski definition) is 2. The SMILES string of the molecule is C=CCNC(=O)C(=O)NCc1ccccc1Cl. The van der Waals surface area contributed by atoms with Crippen molar-refractivity contribution in [1.29, 1.82) is 0 Å². The highest BCUT2D eigenvalue weighted by molar-refractivity contribution is 6.35. The number of halogens is 1. The first-order valence-corrected chi connectivity index (χ1v) is 5.43. The van der Waals surface area contributed by atoms with Gasteiger partial charge in [0.2, 0.25) is 0 Å². The van der Waals surface area contributed by atoms with Crippen molar-refractivity contribution in [3.63, 3.8) is 0 Å². The topological polar surface area (TPSA) is 58.2 Å². The molecule has 2 amide bonds. The Morgan fingerprint density at radius 2 is 1.88 bits per heavy atom. The summed E-state index contributed by atoms with van der Waals surface area (Å²) in [7, 11) is 0. The van der Waals surface area contributed by atoms with Crippen LogP contribution >= 0.6 is 11.6 Å². The molecule has 1 rings (SSSR count). The van der Waals surface area contributed by atoms with E-state index in [2.05, 4.69) is 17.2 Å². The number of rotatable bonds is 4. The summed E-state index contributed by atoms with van der Waals surface area (Å²) in [5, 5.41) is 5.41. The number of carbonyl (C=O) groups excluding carboxylic acids is 2. The number of benzene rings is 1. The minimum absolute atomic E-state index is 0.222. The van der Waals surface area contributed by atoms with Crippen molar-refractivity contribution < 1.29 is 9.59 Å². The lowest BCUT2D eigenvalue weighted by Gasteiger charge is -2.06. The first kappa shape index (κ1) is 13.3. The Bertz CT molecular complexity index is 432. The van der Waals surface area contributed by atoms with Gasteiger partial charge in [0.15, 0.2) is 0 Å². The quantitative estimate of drug-likeness (QED) is 0.626. The Balaban J connectivity index is 2.46. The molecule has 90 valence electrons. The summed E-state index contributed by atoms with van der Waals surface area (Å²) in [5.74, 6) is -1.37. The fraction of sp³-hybridized carbons (Fsp3) is 0.167. The maximum atomic E-state index is 11.3. The largest absolute Gasteiger partial charge is 0.344 e. The summed E-state index contributed by atoms with van der Waals surface area (Å²) < 4.78 is 0. The van der Waals surface area contributed by atoms with Crippen LogP contribution in [0.4, 0.5) is 0 Å². The lowest BCUT2D eigenvalue weighted by Crippen LogP contribution is -2.39. The second kappa shape index (κ2) is 6.70. The molecule has 1 aromatic carbocycles. The monoisotopic (exact) mass is 252 g/mol. The molecule has 0 radical (unpaired) electrons. The average Bonchev–Trinajstić information content (AvgIpc) is 2.34. The van der Waals surface area contributed by atoms with Gasteiger partial charge in [-0.3, -0.25) is 9.59 Å². The highest BCUT2D eigenvalue weighted by Gasteiger charge is 2.11. The summed E-state index contributed by atoms with van der Waals surface area (Å²) in [6, 6.07) is 7.11. The van der Waals surface area contributed by atoms with Crippen molar-refractivity contribution in [2.75, 3.05) is 6.54 Å². The van der Waals surface area contributed by atoms with Gasteiger partial charge in [-0.25, -0.2) is 0 Å². The summed E-state index contributed by atoms with van der Waals surface area (Å²) in [6.07, 6.45) is 1.50. The molecule has 0 unspecified atom stereocenters. The van der Waals surface area contributed by atoms with E-state index in [0.29, 0.717) is 5.02 Å². The van der Waals surface area contributed by atoms with Gasteiger partial charge in [0.1, 0.15) is 0 Å². The van der Waals surface area contributed by atoms with Crippen molar-refractivity contribution in [3.8, 4) is 0 Å². The van der Waals surface area contributed by atoms with E-state index in [-0.39, 0.29) is 13.1 Å². The van der Waals surface area contributed by atoms with Crippen LogP contribution in [0.2, 0.25) is 5.02 Å². The third-order valence-corrected chi connectivity index (χ3v) is 2.38. The normalized spacial score (nSPS) is 9.47. The Morgan fingerprint density at radius 3 is 2.53 bits per heavy atom. The molecule has 0 aliphatic heterocycles. The van der Waals surface area contributed by atoms with E-state index in [9.17, 15) is 9.59 Å². The van der Waals surface area contributed by atoms with Crippen LogP contribution < -0.4 is 10.6 Å². The zero-order chi connectivity index (χ0) is 12.7. The molecule has 5 heteroatoms. The maximum Gasteiger partial charge on any atom is 0.309 e. The van der Waals surface area contributed by atoms with Crippen LogP contribution in [0.15, 0.2) is 36.9 Å². The second-order valence-electron chi connectivity index (χ2n) is 3.27. The van der Waals surface area contributed by atoms with E-state index in [1.807, 2.05) is 6.07 Å². The van der Waals surface area contributed by atoms with Crippen LogP contribution in [0, 0.1) is 0 Å². The van der Waals surface area contributed by atoms with Gasteiger partial charge in [-0.15, -0.1) is 6.58 Å². The molecule has 0 saturated carbocycles. The molecule has 2 N–H and O–H groups in total. The molecule has 0 aromatic heterocycles. The van der Waals surface area contributed by atoms with Gasteiger partial charge >= 0.3 is 11.8 Å². The van der Waals surface area contributed by atoms with Gasteiger partial charge in [-0.05, 0) is 11.6 Å². The lowest BCUT2D eigenvalue weighted by atomic mass is 10.2. The summed E-state index contributed by atoms with van der Waals surface area (Å²) >= 11 is 5.91.